The monoisotopic (exact) mass is 398 g/mol. The van der Waals surface area contributed by atoms with E-state index in [2.05, 4.69) is 10.2 Å². The Balaban J connectivity index is 1.45. The maximum Gasteiger partial charge on any atom is 0.227 e. The molecular formula is C19H18N4O2S2. The number of carbonyl (C=O) groups excluding carboxylic acids is 2. The van der Waals surface area contributed by atoms with Crippen LogP contribution in [0.15, 0.2) is 46.9 Å². The van der Waals surface area contributed by atoms with Crippen LogP contribution in [0.4, 0.5) is 5.69 Å². The van der Waals surface area contributed by atoms with Crippen molar-refractivity contribution in [3.05, 3.63) is 47.3 Å². The Morgan fingerprint density at radius 1 is 1.26 bits per heavy atom. The average molecular weight is 399 g/mol. The van der Waals surface area contributed by atoms with Crippen molar-refractivity contribution in [2.45, 2.75) is 18.0 Å². The molecule has 1 saturated heterocycles. The standard InChI is InChI=1S/C19H18N4O2S2/c1-22-18(16-7-4-10-26-16)20-21-19(22)27-12-15(24)13-5-2-6-14(11-13)23-9-3-8-17(23)25/h2,4-7,10-11H,3,8-9,12H2,1H3. The molecule has 4 rings (SSSR count). The highest BCUT2D eigenvalue weighted by atomic mass is 32.2. The molecule has 27 heavy (non-hydrogen) atoms. The summed E-state index contributed by atoms with van der Waals surface area (Å²) in [6, 6.07) is 11.3. The fraction of sp³-hybridized carbons (Fsp3) is 0.263. The van der Waals surface area contributed by atoms with E-state index in [0.717, 1.165) is 29.4 Å². The SMILES string of the molecule is Cn1c(SCC(=O)c2cccc(N3CCCC3=O)c2)nnc1-c1cccs1. The van der Waals surface area contributed by atoms with Crippen LogP contribution in [0.25, 0.3) is 10.7 Å². The van der Waals surface area contributed by atoms with Gasteiger partial charge in [0.05, 0.1) is 10.6 Å². The predicted octanol–water partition coefficient (Wildman–Crippen LogP) is 3.65. The van der Waals surface area contributed by atoms with Gasteiger partial charge in [0.1, 0.15) is 0 Å². The normalized spacial score (nSPS) is 14.1. The second-order valence-electron chi connectivity index (χ2n) is 6.25. The summed E-state index contributed by atoms with van der Waals surface area (Å²) in [5.74, 6) is 1.20. The quantitative estimate of drug-likeness (QED) is 0.468. The van der Waals surface area contributed by atoms with Gasteiger partial charge in [-0.15, -0.1) is 21.5 Å². The number of nitrogens with zero attached hydrogens (tertiary/aromatic N) is 4. The van der Waals surface area contributed by atoms with E-state index >= 15 is 0 Å². The topological polar surface area (TPSA) is 68.1 Å². The van der Waals surface area contributed by atoms with Crippen molar-refractivity contribution in [2.24, 2.45) is 7.05 Å². The van der Waals surface area contributed by atoms with Gasteiger partial charge in [0.15, 0.2) is 16.8 Å². The van der Waals surface area contributed by atoms with E-state index in [-0.39, 0.29) is 17.4 Å². The van der Waals surface area contributed by atoms with Crippen LogP contribution in [0.2, 0.25) is 0 Å². The van der Waals surface area contributed by atoms with E-state index in [1.807, 2.05) is 41.3 Å². The maximum atomic E-state index is 12.6. The van der Waals surface area contributed by atoms with Crippen molar-refractivity contribution in [3.63, 3.8) is 0 Å². The van der Waals surface area contributed by atoms with E-state index in [0.29, 0.717) is 17.1 Å². The molecule has 0 radical (unpaired) electrons. The number of rotatable bonds is 6. The van der Waals surface area contributed by atoms with Gasteiger partial charge in [-0.2, -0.15) is 0 Å². The van der Waals surface area contributed by atoms with E-state index in [4.69, 9.17) is 0 Å². The zero-order chi connectivity index (χ0) is 18.8. The zero-order valence-corrected chi connectivity index (χ0v) is 16.4. The van der Waals surface area contributed by atoms with Crippen LogP contribution in [0.1, 0.15) is 23.2 Å². The molecule has 0 saturated carbocycles. The highest BCUT2D eigenvalue weighted by molar-refractivity contribution is 7.99. The third-order valence-electron chi connectivity index (χ3n) is 4.46. The number of thiophene rings is 1. The predicted molar refractivity (Wildman–Crippen MR) is 107 cm³/mol. The van der Waals surface area contributed by atoms with Crippen LogP contribution in [0, 0.1) is 0 Å². The molecule has 0 atom stereocenters. The molecule has 0 spiro atoms. The minimum absolute atomic E-state index is 0.00849. The minimum Gasteiger partial charge on any atom is -0.312 e. The molecule has 138 valence electrons. The number of aromatic nitrogens is 3. The van der Waals surface area contributed by atoms with Crippen molar-refractivity contribution >= 4 is 40.5 Å². The van der Waals surface area contributed by atoms with E-state index in [9.17, 15) is 9.59 Å². The third kappa shape index (κ3) is 3.68. The molecule has 1 aliphatic heterocycles. The van der Waals surface area contributed by atoms with Gasteiger partial charge in [-0.05, 0) is 30.0 Å². The molecule has 2 aromatic heterocycles. The second kappa shape index (κ2) is 7.66. The summed E-state index contributed by atoms with van der Waals surface area (Å²) in [5, 5.41) is 11.1. The Hall–Kier alpha value is -2.45. The summed E-state index contributed by atoms with van der Waals surface area (Å²) in [4.78, 5) is 27.4. The van der Waals surface area contributed by atoms with Crippen LogP contribution in [-0.4, -0.2) is 38.8 Å². The summed E-state index contributed by atoms with van der Waals surface area (Å²) in [6.07, 6.45) is 1.44. The average Bonchev–Trinajstić information content (AvgIpc) is 3.41. The number of hydrogen-bond acceptors (Lipinski definition) is 6. The van der Waals surface area contributed by atoms with Crippen molar-refractivity contribution < 1.29 is 9.59 Å². The number of hydrogen-bond donors (Lipinski definition) is 0. The van der Waals surface area contributed by atoms with E-state index in [1.165, 1.54) is 11.8 Å². The van der Waals surface area contributed by atoms with Crippen LogP contribution in [0.3, 0.4) is 0 Å². The highest BCUT2D eigenvalue weighted by Gasteiger charge is 2.22. The van der Waals surface area contributed by atoms with E-state index in [1.54, 1.807) is 28.4 Å². The summed E-state index contributed by atoms with van der Waals surface area (Å²) in [5.41, 5.74) is 1.41. The zero-order valence-electron chi connectivity index (χ0n) is 14.8. The first-order valence-corrected chi connectivity index (χ1v) is 10.5. The van der Waals surface area contributed by atoms with Gasteiger partial charge in [-0.3, -0.25) is 9.59 Å². The fourth-order valence-electron chi connectivity index (χ4n) is 3.04. The molecule has 0 bridgehead atoms. The molecule has 6 nitrogen and oxygen atoms in total. The Morgan fingerprint density at radius 3 is 2.89 bits per heavy atom. The lowest BCUT2D eigenvalue weighted by molar-refractivity contribution is -0.117. The van der Waals surface area contributed by atoms with Crippen molar-refractivity contribution in [2.75, 3.05) is 17.2 Å². The molecule has 0 aliphatic carbocycles. The summed E-state index contributed by atoms with van der Waals surface area (Å²) in [6.45, 7) is 0.718. The Labute approximate surface area is 165 Å². The Morgan fingerprint density at radius 2 is 2.15 bits per heavy atom. The van der Waals surface area contributed by atoms with Crippen LogP contribution >= 0.6 is 23.1 Å². The van der Waals surface area contributed by atoms with Gasteiger partial charge in [-0.25, -0.2) is 0 Å². The smallest absolute Gasteiger partial charge is 0.227 e. The number of Topliss-reactive ketones (excluding diaryl/α,β-unsaturated/α-hetero) is 1. The first kappa shape index (κ1) is 17.9. The molecule has 3 heterocycles. The number of anilines is 1. The largest absolute Gasteiger partial charge is 0.312 e. The molecular weight excluding hydrogens is 380 g/mol. The van der Waals surface area contributed by atoms with Crippen molar-refractivity contribution in [1.82, 2.24) is 14.8 Å². The minimum atomic E-state index is 0.00849. The summed E-state index contributed by atoms with van der Waals surface area (Å²) >= 11 is 2.98. The highest BCUT2D eigenvalue weighted by Crippen LogP contribution is 2.27. The van der Waals surface area contributed by atoms with Gasteiger partial charge in [0, 0.05) is 31.3 Å². The number of ketones is 1. The lowest BCUT2D eigenvalue weighted by Gasteiger charge is -2.16. The molecule has 0 unspecified atom stereocenters. The summed E-state index contributed by atoms with van der Waals surface area (Å²) in [7, 11) is 1.90. The lowest BCUT2D eigenvalue weighted by atomic mass is 10.1. The van der Waals surface area contributed by atoms with Crippen molar-refractivity contribution in [1.29, 1.82) is 0 Å². The first-order chi connectivity index (χ1) is 13.1. The second-order valence-corrected chi connectivity index (χ2v) is 8.14. The Kier molecular flexibility index (Phi) is 5.09. The van der Waals surface area contributed by atoms with Crippen LogP contribution < -0.4 is 4.90 Å². The number of amides is 1. The fourth-order valence-corrected chi connectivity index (χ4v) is 4.59. The third-order valence-corrected chi connectivity index (χ3v) is 6.35. The maximum absolute atomic E-state index is 12.6. The van der Waals surface area contributed by atoms with Crippen LogP contribution in [0.5, 0.6) is 0 Å². The van der Waals surface area contributed by atoms with E-state index < -0.39 is 0 Å². The van der Waals surface area contributed by atoms with Gasteiger partial charge in [-0.1, -0.05) is 30.0 Å². The lowest BCUT2D eigenvalue weighted by Crippen LogP contribution is -2.23. The van der Waals surface area contributed by atoms with Crippen LogP contribution in [-0.2, 0) is 11.8 Å². The first-order valence-electron chi connectivity index (χ1n) is 8.63. The number of carbonyl (C=O) groups is 2. The Bertz CT molecular complexity index is 982. The van der Waals surface area contributed by atoms with Gasteiger partial charge < -0.3 is 9.47 Å². The molecule has 3 aromatic rings. The molecule has 1 fully saturated rings. The number of thioether (sulfide) groups is 1. The van der Waals surface area contributed by atoms with Crippen molar-refractivity contribution in [3.8, 4) is 10.7 Å². The number of benzene rings is 1. The molecule has 0 N–H and O–H groups in total. The molecule has 8 heteroatoms. The molecule has 1 amide bonds. The van der Waals surface area contributed by atoms with Gasteiger partial charge >= 0.3 is 0 Å². The summed E-state index contributed by atoms with van der Waals surface area (Å²) < 4.78 is 1.91. The molecule has 1 aromatic carbocycles. The molecule has 1 aliphatic rings. The van der Waals surface area contributed by atoms with Gasteiger partial charge in [0.2, 0.25) is 5.91 Å². The van der Waals surface area contributed by atoms with Gasteiger partial charge in [0.25, 0.3) is 0 Å².